The third-order valence-electron chi connectivity index (χ3n) is 7.34. The molecule has 1 aliphatic carbocycles. The normalized spacial score (nSPS) is 17.6. The second-order valence-electron chi connectivity index (χ2n) is 10.3. The number of nitrogens with two attached hydrogens (primary N) is 2. The maximum atomic E-state index is 14.1. The highest BCUT2D eigenvalue weighted by Crippen LogP contribution is 2.36. The summed E-state index contributed by atoms with van der Waals surface area (Å²) < 4.78 is 34.9. The lowest BCUT2D eigenvalue weighted by atomic mass is 10.0. The van der Waals surface area contributed by atoms with Crippen molar-refractivity contribution in [2.24, 2.45) is 11.7 Å². The van der Waals surface area contributed by atoms with Crippen molar-refractivity contribution < 1.29 is 23.1 Å². The van der Waals surface area contributed by atoms with E-state index >= 15 is 0 Å². The first-order valence-corrected chi connectivity index (χ1v) is 13.3. The van der Waals surface area contributed by atoms with Crippen molar-refractivity contribution >= 4 is 28.7 Å². The van der Waals surface area contributed by atoms with Gasteiger partial charge in [0.25, 0.3) is 11.8 Å². The molecule has 0 bridgehead atoms. The molecular weight excluding hydrogens is 532 g/mol. The summed E-state index contributed by atoms with van der Waals surface area (Å²) in [7, 11) is 0. The Bertz CT molecular complexity index is 1680. The van der Waals surface area contributed by atoms with Gasteiger partial charge in [0.1, 0.15) is 29.2 Å². The van der Waals surface area contributed by atoms with Crippen molar-refractivity contribution in [1.29, 1.82) is 0 Å². The molecule has 10 nitrogen and oxygen atoms in total. The van der Waals surface area contributed by atoms with E-state index in [1.807, 2.05) is 0 Å². The van der Waals surface area contributed by atoms with Crippen LogP contribution in [0.5, 0.6) is 11.5 Å². The van der Waals surface area contributed by atoms with Crippen LogP contribution in [0.15, 0.2) is 60.4 Å². The number of carbonyl (C=O) groups excluding carboxylic acids is 2. The van der Waals surface area contributed by atoms with E-state index in [0.29, 0.717) is 47.6 Å². The van der Waals surface area contributed by atoms with Gasteiger partial charge >= 0.3 is 0 Å². The molecule has 2 aromatic carbocycles. The molecule has 3 heterocycles. The molecule has 41 heavy (non-hydrogen) atoms. The highest BCUT2D eigenvalue weighted by molar-refractivity contribution is 6.17. The predicted octanol–water partition coefficient (Wildman–Crippen LogP) is 4.13. The summed E-state index contributed by atoms with van der Waals surface area (Å²) in [6.45, 7) is 0.821. The fraction of sp³-hybridized carbons (Fsp3) is 0.276. The van der Waals surface area contributed by atoms with Gasteiger partial charge in [0, 0.05) is 18.7 Å². The van der Waals surface area contributed by atoms with Gasteiger partial charge in [0.05, 0.1) is 11.4 Å². The lowest BCUT2D eigenvalue weighted by Crippen LogP contribution is -2.43. The Morgan fingerprint density at radius 3 is 2.56 bits per heavy atom. The van der Waals surface area contributed by atoms with Gasteiger partial charge in [-0.3, -0.25) is 9.59 Å². The Morgan fingerprint density at radius 1 is 1.05 bits per heavy atom. The zero-order chi connectivity index (χ0) is 28.7. The quantitative estimate of drug-likeness (QED) is 0.197. The second-order valence-corrected chi connectivity index (χ2v) is 10.3. The summed E-state index contributed by atoms with van der Waals surface area (Å²) in [5.74, 6) is -2.62. The molecule has 1 aliphatic heterocycles. The number of carbonyl (C=O) groups is 2. The van der Waals surface area contributed by atoms with Crippen LogP contribution in [0.4, 0.5) is 14.6 Å². The van der Waals surface area contributed by atoms with E-state index in [1.54, 1.807) is 39.9 Å². The zero-order valence-electron chi connectivity index (χ0n) is 22.0. The van der Waals surface area contributed by atoms with Crippen LogP contribution in [0.3, 0.4) is 0 Å². The minimum Gasteiger partial charge on any atom is -0.454 e. The van der Waals surface area contributed by atoms with Crippen LogP contribution in [-0.2, 0) is 9.59 Å². The summed E-state index contributed by atoms with van der Waals surface area (Å²) in [4.78, 5) is 35.5. The van der Waals surface area contributed by atoms with Crippen molar-refractivity contribution in [3.05, 3.63) is 72.1 Å². The largest absolute Gasteiger partial charge is 0.454 e. The fourth-order valence-electron chi connectivity index (χ4n) is 5.09. The van der Waals surface area contributed by atoms with Crippen LogP contribution >= 0.6 is 0 Å². The molecule has 2 amide bonds. The number of hydrogen-bond acceptors (Lipinski definition) is 7. The molecule has 1 atom stereocenters. The number of piperidine rings is 1. The van der Waals surface area contributed by atoms with Gasteiger partial charge in [-0.2, -0.15) is 9.49 Å². The molecule has 0 unspecified atom stereocenters. The summed E-state index contributed by atoms with van der Waals surface area (Å²) in [6, 6.07) is 10.2. The number of likely N-dealkylation sites (tertiary alicyclic amines) is 1. The lowest BCUT2D eigenvalue weighted by Gasteiger charge is -2.33. The Kier molecular flexibility index (Phi) is 6.82. The molecule has 0 radical (unpaired) electrons. The van der Waals surface area contributed by atoms with E-state index in [1.165, 1.54) is 18.5 Å². The minimum absolute atomic E-state index is 0.0335. The van der Waals surface area contributed by atoms with Gasteiger partial charge in [0.2, 0.25) is 5.82 Å². The van der Waals surface area contributed by atoms with Gasteiger partial charge in [-0.15, -0.1) is 0 Å². The zero-order valence-corrected chi connectivity index (χ0v) is 22.0. The topological polar surface area (TPSA) is 142 Å². The Morgan fingerprint density at radius 2 is 1.83 bits per heavy atom. The standard InChI is InChI=1S/C29H27F2N7O3/c30-21-4-1-5-22(24(21)31)41-19-10-8-17(9-11-19)25-23-26(32)34-15-35-28(23)38(36-25)18-3-2-12-37(14-18)29(40)20(27(33)39)13-16-6-7-16/h1,4-5,8-11,13,15-16,18H,2-3,6-7,12,14H2,(H2,33,39)(H2,32,34,35)/b20-13-/t18-/m1/s1. The summed E-state index contributed by atoms with van der Waals surface area (Å²) >= 11 is 0. The second kappa shape index (κ2) is 10.6. The third-order valence-corrected chi connectivity index (χ3v) is 7.34. The molecule has 12 heteroatoms. The molecule has 210 valence electrons. The smallest absolute Gasteiger partial charge is 0.259 e. The Labute approximate surface area is 233 Å². The SMILES string of the molecule is NC(=O)/C(=C/C1CC1)C(=O)N1CCC[C@@H](n2nc(-c3ccc(Oc4cccc(F)c4F)cc3)c3c(N)ncnc32)C1. The molecule has 4 aromatic rings. The van der Waals surface area contributed by atoms with E-state index in [0.717, 1.165) is 25.3 Å². The van der Waals surface area contributed by atoms with Crippen LogP contribution < -0.4 is 16.2 Å². The number of aromatic nitrogens is 4. The van der Waals surface area contributed by atoms with Crippen LogP contribution in [-0.4, -0.2) is 49.6 Å². The van der Waals surface area contributed by atoms with Gasteiger partial charge < -0.3 is 21.1 Å². The van der Waals surface area contributed by atoms with E-state index in [2.05, 4.69) is 9.97 Å². The minimum atomic E-state index is -1.07. The number of allylic oxidation sites excluding steroid dienone is 1. The number of nitrogen functional groups attached to an aromatic ring is 1. The van der Waals surface area contributed by atoms with Crippen LogP contribution in [0, 0.1) is 17.6 Å². The van der Waals surface area contributed by atoms with E-state index in [-0.39, 0.29) is 35.0 Å². The molecule has 1 saturated heterocycles. The average molecular weight is 560 g/mol. The number of primary amides is 1. The number of anilines is 1. The molecule has 2 aromatic heterocycles. The molecule has 2 fully saturated rings. The number of rotatable bonds is 7. The van der Waals surface area contributed by atoms with Crippen LogP contribution in [0.1, 0.15) is 31.7 Å². The van der Waals surface area contributed by atoms with Crippen LogP contribution in [0.2, 0.25) is 0 Å². The lowest BCUT2D eigenvalue weighted by molar-refractivity contribution is -0.131. The Hall–Kier alpha value is -4.87. The predicted molar refractivity (Wildman–Crippen MR) is 146 cm³/mol. The van der Waals surface area contributed by atoms with Gasteiger partial charge in [0.15, 0.2) is 17.2 Å². The molecule has 4 N–H and O–H groups in total. The highest BCUT2D eigenvalue weighted by atomic mass is 19.2. The van der Waals surface area contributed by atoms with Gasteiger partial charge in [-0.05, 0) is 68.0 Å². The third kappa shape index (κ3) is 5.20. The maximum Gasteiger partial charge on any atom is 0.259 e. The van der Waals surface area contributed by atoms with Gasteiger partial charge in [-0.25, -0.2) is 19.0 Å². The van der Waals surface area contributed by atoms with E-state index < -0.39 is 17.5 Å². The summed E-state index contributed by atoms with van der Waals surface area (Å²) in [5, 5.41) is 5.40. The fourth-order valence-corrected chi connectivity index (χ4v) is 5.09. The van der Waals surface area contributed by atoms with Gasteiger partial charge in [-0.1, -0.05) is 12.1 Å². The number of hydrogen-bond donors (Lipinski definition) is 2. The number of benzene rings is 2. The number of fused-ring (bicyclic) bond motifs is 1. The number of halogens is 2. The monoisotopic (exact) mass is 559 g/mol. The van der Waals surface area contributed by atoms with Crippen molar-refractivity contribution in [2.45, 2.75) is 31.7 Å². The number of amides is 2. The van der Waals surface area contributed by atoms with E-state index in [4.69, 9.17) is 21.3 Å². The highest BCUT2D eigenvalue weighted by Gasteiger charge is 2.32. The molecule has 2 aliphatic rings. The molecule has 1 saturated carbocycles. The molecular formula is C29H27F2N7O3. The first kappa shape index (κ1) is 26.4. The van der Waals surface area contributed by atoms with Crippen molar-refractivity contribution in [3.8, 4) is 22.8 Å². The maximum absolute atomic E-state index is 14.1. The van der Waals surface area contributed by atoms with Crippen molar-refractivity contribution in [3.63, 3.8) is 0 Å². The average Bonchev–Trinajstić information content (AvgIpc) is 3.71. The van der Waals surface area contributed by atoms with Crippen LogP contribution in [0.25, 0.3) is 22.3 Å². The molecule has 6 rings (SSSR count). The summed E-state index contributed by atoms with van der Waals surface area (Å²) in [5.41, 5.74) is 13.6. The first-order valence-electron chi connectivity index (χ1n) is 13.3. The number of nitrogens with zero attached hydrogens (tertiary/aromatic N) is 5. The van der Waals surface area contributed by atoms with E-state index in [9.17, 15) is 18.4 Å². The van der Waals surface area contributed by atoms with Crippen molar-refractivity contribution in [2.75, 3.05) is 18.8 Å². The van der Waals surface area contributed by atoms with Crippen molar-refractivity contribution in [1.82, 2.24) is 24.6 Å². The number of ether oxygens (including phenoxy) is 1. The Balaban J connectivity index is 1.30. The molecule has 0 spiro atoms. The first-order chi connectivity index (χ1) is 19.8. The summed E-state index contributed by atoms with van der Waals surface area (Å²) in [6.07, 6.45) is 6.38.